The van der Waals surface area contributed by atoms with E-state index in [9.17, 15) is 9.59 Å². The molecule has 4 heteroatoms. The van der Waals surface area contributed by atoms with Gasteiger partial charge < -0.3 is 10.1 Å². The van der Waals surface area contributed by atoms with E-state index >= 15 is 0 Å². The minimum absolute atomic E-state index is 0.115. The summed E-state index contributed by atoms with van der Waals surface area (Å²) in [5.74, 6) is -0.387. The van der Waals surface area contributed by atoms with Gasteiger partial charge >= 0.3 is 5.97 Å². The molecule has 3 rings (SSSR count). The molecule has 0 unspecified atom stereocenters. The molecule has 154 valence electrons. The Kier molecular flexibility index (Phi) is 7.39. The van der Waals surface area contributed by atoms with Gasteiger partial charge in [0.15, 0.2) is 0 Å². The SMILES string of the molecule is CCOC(=O)CCCC(=O)NC(c1ccccc1)(c1ccccc1)c1ccccc1. The second-order valence-corrected chi connectivity index (χ2v) is 7.05. The average Bonchev–Trinajstić information content (AvgIpc) is 2.79. The van der Waals surface area contributed by atoms with Crippen LogP contribution in [0.3, 0.4) is 0 Å². The zero-order chi connectivity index (χ0) is 21.2. The smallest absolute Gasteiger partial charge is 0.305 e. The van der Waals surface area contributed by atoms with Gasteiger partial charge in [-0.15, -0.1) is 0 Å². The highest BCUT2D eigenvalue weighted by atomic mass is 16.5. The fourth-order valence-electron chi connectivity index (χ4n) is 3.68. The van der Waals surface area contributed by atoms with Gasteiger partial charge in [0.1, 0.15) is 5.54 Å². The molecule has 0 atom stereocenters. The molecule has 0 radical (unpaired) electrons. The van der Waals surface area contributed by atoms with Crippen molar-refractivity contribution in [2.45, 2.75) is 31.7 Å². The Morgan fingerprint density at radius 1 is 0.733 bits per heavy atom. The van der Waals surface area contributed by atoms with E-state index in [2.05, 4.69) is 5.32 Å². The first-order chi connectivity index (χ1) is 14.7. The number of carbonyl (C=O) groups excluding carboxylic acids is 2. The fourth-order valence-corrected chi connectivity index (χ4v) is 3.68. The van der Waals surface area contributed by atoms with Gasteiger partial charge in [0.2, 0.25) is 5.91 Å². The predicted octanol–water partition coefficient (Wildman–Crippen LogP) is 4.83. The van der Waals surface area contributed by atoms with Crippen LogP contribution in [0.1, 0.15) is 42.9 Å². The molecule has 0 spiro atoms. The van der Waals surface area contributed by atoms with Gasteiger partial charge in [-0.3, -0.25) is 9.59 Å². The summed E-state index contributed by atoms with van der Waals surface area (Å²) in [7, 11) is 0. The summed E-state index contributed by atoms with van der Waals surface area (Å²) < 4.78 is 4.96. The van der Waals surface area contributed by atoms with E-state index in [1.807, 2.05) is 91.0 Å². The van der Waals surface area contributed by atoms with E-state index in [-0.39, 0.29) is 24.7 Å². The molecule has 1 amide bonds. The summed E-state index contributed by atoms with van der Waals surface area (Å²) in [6.45, 7) is 2.13. The maximum absolute atomic E-state index is 13.1. The molecule has 0 bridgehead atoms. The second-order valence-electron chi connectivity index (χ2n) is 7.05. The van der Waals surface area contributed by atoms with Gasteiger partial charge in [-0.1, -0.05) is 91.0 Å². The van der Waals surface area contributed by atoms with Crippen LogP contribution in [0.5, 0.6) is 0 Å². The monoisotopic (exact) mass is 401 g/mol. The molecule has 3 aromatic rings. The molecule has 1 N–H and O–H groups in total. The number of amides is 1. The summed E-state index contributed by atoms with van der Waals surface area (Å²) in [6.07, 6.45) is 0.919. The number of esters is 1. The van der Waals surface area contributed by atoms with Crippen LogP contribution in [0.15, 0.2) is 91.0 Å². The molecule has 0 fully saturated rings. The van der Waals surface area contributed by atoms with E-state index in [0.29, 0.717) is 13.0 Å². The van der Waals surface area contributed by atoms with Gasteiger partial charge in [-0.25, -0.2) is 0 Å². The standard InChI is InChI=1S/C26H27NO3/c1-2-30-25(29)20-12-19-24(28)27-26(21-13-6-3-7-14-21,22-15-8-4-9-16-22)23-17-10-5-11-18-23/h3-11,13-18H,2,12,19-20H2,1H3,(H,27,28). The van der Waals surface area contributed by atoms with Crippen LogP contribution in [-0.2, 0) is 19.9 Å². The first-order valence-electron chi connectivity index (χ1n) is 10.3. The van der Waals surface area contributed by atoms with Crippen molar-refractivity contribution in [2.24, 2.45) is 0 Å². The van der Waals surface area contributed by atoms with Crippen LogP contribution in [0.4, 0.5) is 0 Å². The van der Waals surface area contributed by atoms with Crippen LogP contribution in [0.2, 0.25) is 0 Å². The fraction of sp³-hybridized carbons (Fsp3) is 0.231. The molecule has 3 aromatic carbocycles. The Morgan fingerprint density at radius 2 is 1.17 bits per heavy atom. The maximum Gasteiger partial charge on any atom is 0.305 e. The van der Waals surface area contributed by atoms with Crippen LogP contribution in [0, 0.1) is 0 Å². The van der Waals surface area contributed by atoms with E-state index < -0.39 is 5.54 Å². The third-order valence-electron chi connectivity index (χ3n) is 5.04. The van der Waals surface area contributed by atoms with Crippen LogP contribution in [0.25, 0.3) is 0 Å². The number of benzene rings is 3. The number of ether oxygens (including phenoxy) is 1. The highest BCUT2D eigenvalue weighted by Crippen LogP contribution is 2.36. The summed E-state index contributed by atoms with van der Waals surface area (Å²) in [5.41, 5.74) is 2.09. The van der Waals surface area contributed by atoms with Crippen molar-refractivity contribution in [2.75, 3.05) is 6.61 Å². The van der Waals surface area contributed by atoms with Crippen molar-refractivity contribution in [1.29, 1.82) is 0 Å². The zero-order valence-corrected chi connectivity index (χ0v) is 17.2. The average molecular weight is 402 g/mol. The lowest BCUT2D eigenvalue weighted by molar-refractivity contribution is -0.143. The summed E-state index contributed by atoms with van der Waals surface area (Å²) >= 11 is 0. The predicted molar refractivity (Wildman–Crippen MR) is 118 cm³/mol. The molecular weight excluding hydrogens is 374 g/mol. The lowest BCUT2D eigenvalue weighted by Crippen LogP contribution is -2.47. The van der Waals surface area contributed by atoms with Crippen LogP contribution >= 0.6 is 0 Å². The molecule has 0 heterocycles. The maximum atomic E-state index is 13.1. The zero-order valence-electron chi connectivity index (χ0n) is 17.2. The summed E-state index contributed by atoms with van der Waals surface area (Å²) in [6, 6.07) is 29.9. The topological polar surface area (TPSA) is 55.4 Å². The van der Waals surface area contributed by atoms with Gasteiger partial charge in [0.05, 0.1) is 6.61 Å². The third-order valence-corrected chi connectivity index (χ3v) is 5.04. The van der Waals surface area contributed by atoms with Crippen molar-refractivity contribution < 1.29 is 14.3 Å². The van der Waals surface area contributed by atoms with Crippen LogP contribution < -0.4 is 5.32 Å². The van der Waals surface area contributed by atoms with E-state index in [1.165, 1.54) is 0 Å². The van der Waals surface area contributed by atoms with Crippen molar-refractivity contribution >= 4 is 11.9 Å². The number of hydrogen-bond acceptors (Lipinski definition) is 3. The molecule has 0 saturated heterocycles. The van der Waals surface area contributed by atoms with Crippen molar-refractivity contribution in [3.05, 3.63) is 108 Å². The molecule has 0 aliphatic heterocycles. The van der Waals surface area contributed by atoms with Crippen molar-refractivity contribution in [3.63, 3.8) is 0 Å². The van der Waals surface area contributed by atoms with Gasteiger partial charge in [-0.2, -0.15) is 0 Å². The number of rotatable bonds is 9. The Hall–Kier alpha value is -3.40. The Labute approximate surface area is 177 Å². The molecule has 0 aliphatic rings. The molecule has 30 heavy (non-hydrogen) atoms. The minimum Gasteiger partial charge on any atom is -0.466 e. The van der Waals surface area contributed by atoms with Crippen molar-refractivity contribution in [3.8, 4) is 0 Å². The lowest BCUT2D eigenvalue weighted by Gasteiger charge is -2.37. The Balaban J connectivity index is 1.97. The third kappa shape index (κ3) is 4.95. The number of hydrogen-bond donors (Lipinski definition) is 1. The summed E-state index contributed by atoms with van der Waals surface area (Å²) in [4.78, 5) is 24.7. The molecular formula is C26H27NO3. The molecule has 0 aromatic heterocycles. The number of carbonyl (C=O) groups is 2. The first-order valence-corrected chi connectivity index (χ1v) is 10.3. The van der Waals surface area contributed by atoms with Gasteiger partial charge in [0.25, 0.3) is 0 Å². The quantitative estimate of drug-likeness (QED) is 0.413. The Bertz CT molecular complexity index is 843. The van der Waals surface area contributed by atoms with E-state index in [4.69, 9.17) is 4.74 Å². The Morgan fingerprint density at radius 3 is 1.57 bits per heavy atom. The molecule has 0 saturated carbocycles. The highest BCUT2D eigenvalue weighted by Gasteiger charge is 2.37. The molecule has 4 nitrogen and oxygen atoms in total. The lowest BCUT2D eigenvalue weighted by atomic mass is 9.77. The summed E-state index contributed by atoms with van der Waals surface area (Å²) in [5, 5.41) is 3.29. The first kappa shape index (κ1) is 21.3. The molecule has 0 aliphatic carbocycles. The second kappa shape index (κ2) is 10.4. The van der Waals surface area contributed by atoms with Gasteiger partial charge in [-0.05, 0) is 30.0 Å². The van der Waals surface area contributed by atoms with Crippen LogP contribution in [-0.4, -0.2) is 18.5 Å². The largest absolute Gasteiger partial charge is 0.466 e. The minimum atomic E-state index is -0.829. The van der Waals surface area contributed by atoms with E-state index in [1.54, 1.807) is 6.92 Å². The van der Waals surface area contributed by atoms with Crippen molar-refractivity contribution in [1.82, 2.24) is 5.32 Å². The highest BCUT2D eigenvalue weighted by molar-refractivity contribution is 5.79. The number of nitrogens with one attached hydrogen (secondary N) is 1. The van der Waals surface area contributed by atoms with Gasteiger partial charge in [0, 0.05) is 12.8 Å². The van der Waals surface area contributed by atoms with E-state index in [0.717, 1.165) is 16.7 Å². The normalized spacial score (nSPS) is 11.0.